The molecule has 0 fully saturated rings. The summed E-state index contributed by atoms with van der Waals surface area (Å²) in [6.07, 6.45) is 3.14. The van der Waals surface area contributed by atoms with Crippen LogP contribution < -0.4 is 5.43 Å². The first kappa shape index (κ1) is 13.9. The maximum absolute atomic E-state index is 11.9. The minimum atomic E-state index is -0.257. The zero-order chi connectivity index (χ0) is 14.4. The molecule has 1 N–H and O–H groups in total. The molecule has 0 aliphatic carbocycles. The third-order valence-electron chi connectivity index (χ3n) is 2.82. The van der Waals surface area contributed by atoms with E-state index in [2.05, 4.69) is 15.5 Å². The zero-order valence-electron chi connectivity index (χ0n) is 11.6. The second kappa shape index (κ2) is 6.61. The van der Waals surface area contributed by atoms with Crippen LogP contribution in [0.3, 0.4) is 0 Å². The summed E-state index contributed by atoms with van der Waals surface area (Å²) in [4.78, 5) is 15.9. The van der Waals surface area contributed by atoms with E-state index in [0.29, 0.717) is 5.56 Å². The molecule has 0 spiro atoms. The maximum atomic E-state index is 11.9. The molecule has 1 heterocycles. The number of amides is 1. The van der Waals surface area contributed by atoms with Gasteiger partial charge in [0, 0.05) is 12.4 Å². The summed E-state index contributed by atoms with van der Waals surface area (Å²) in [5, 5.41) is 4.26. The number of hydrazone groups is 1. The average Bonchev–Trinajstić information content (AvgIpc) is 2.49. The highest BCUT2D eigenvalue weighted by Gasteiger charge is 2.10. The van der Waals surface area contributed by atoms with Gasteiger partial charge in [0.1, 0.15) is 0 Å². The third-order valence-corrected chi connectivity index (χ3v) is 2.82. The molecule has 4 heteroatoms. The minimum absolute atomic E-state index is 0.214. The fourth-order valence-corrected chi connectivity index (χ4v) is 1.81. The van der Waals surface area contributed by atoms with Crippen molar-refractivity contribution in [2.75, 3.05) is 0 Å². The van der Waals surface area contributed by atoms with Crippen LogP contribution in [-0.4, -0.2) is 16.6 Å². The Balaban J connectivity index is 2.17. The van der Waals surface area contributed by atoms with Gasteiger partial charge in [0.15, 0.2) is 0 Å². The Labute approximate surface area is 118 Å². The first-order valence-corrected chi connectivity index (χ1v) is 6.52. The molecular weight excluding hydrogens is 250 g/mol. The Morgan fingerprint density at radius 3 is 2.40 bits per heavy atom. The summed E-state index contributed by atoms with van der Waals surface area (Å²) in [5.41, 5.74) is 4.94. The van der Waals surface area contributed by atoms with Crippen molar-refractivity contribution in [2.24, 2.45) is 11.0 Å². The number of nitrogens with zero attached hydrogens (tertiary/aromatic N) is 2. The minimum Gasteiger partial charge on any atom is -0.267 e. The van der Waals surface area contributed by atoms with Crippen molar-refractivity contribution in [1.29, 1.82) is 0 Å². The molecular formula is C16H17N3O. The molecule has 0 bridgehead atoms. The monoisotopic (exact) mass is 267 g/mol. The van der Waals surface area contributed by atoms with E-state index in [1.54, 1.807) is 18.3 Å². The van der Waals surface area contributed by atoms with E-state index in [1.165, 1.54) is 6.20 Å². The van der Waals surface area contributed by atoms with Gasteiger partial charge in [-0.2, -0.15) is 5.10 Å². The predicted molar refractivity (Wildman–Crippen MR) is 79.5 cm³/mol. The van der Waals surface area contributed by atoms with Gasteiger partial charge in [-0.3, -0.25) is 9.78 Å². The van der Waals surface area contributed by atoms with Crippen LogP contribution in [0.15, 0.2) is 60.0 Å². The number of aromatic nitrogens is 1. The Kier molecular flexibility index (Phi) is 4.60. The molecule has 0 saturated heterocycles. The molecule has 102 valence electrons. The van der Waals surface area contributed by atoms with Crippen LogP contribution >= 0.6 is 0 Å². The van der Waals surface area contributed by atoms with Crippen molar-refractivity contribution in [3.8, 4) is 0 Å². The Hall–Kier alpha value is -2.49. The van der Waals surface area contributed by atoms with Crippen molar-refractivity contribution >= 4 is 11.6 Å². The fraction of sp³-hybridized carbons (Fsp3) is 0.188. The normalized spacial score (nSPS) is 11.4. The lowest BCUT2D eigenvalue weighted by Crippen LogP contribution is -2.22. The number of hydrogen-bond donors (Lipinski definition) is 1. The highest BCUT2D eigenvalue weighted by Crippen LogP contribution is 2.09. The van der Waals surface area contributed by atoms with Gasteiger partial charge in [0.2, 0.25) is 0 Å². The number of benzene rings is 1. The van der Waals surface area contributed by atoms with Crippen LogP contribution in [0.5, 0.6) is 0 Å². The maximum Gasteiger partial charge on any atom is 0.272 e. The van der Waals surface area contributed by atoms with Gasteiger partial charge in [0.25, 0.3) is 5.91 Å². The Bertz CT molecular complexity index is 592. The van der Waals surface area contributed by atoms with E-state index < -0.39 is 0 Å². The van der Waals surface area contributed by atoms with Gasteiger partial charge in [-0.1, -0.05) is 44.2 Å². The predicted octanol–water partition coefficient (Wildman–Crippen LogP) is 2.87. The van der Waals surface area contributed by atoms with Crippen molar-refractivity contribution in [2.45, 2.75) is 13.8 Å². The molecule has 1 aromatic heterocycles. The highest BCUT2D eigenvalue weighted by atomic mass is 16.2. The number of rotatable bonds is 4. The molecule has 1 aromatic carbocycles. The molecule has 0 aliphatic rings. The largest absolute Gasteiger partial charge is 0.272 e. The van der Waals surface area contributed by atoms with Crippen LogP contribution in [0.4, 0.5) is 0 Å². The summed E-state index contributed by atoms with van der Waals surface area (Å²) < 4.78 is 0. The van der Waals surface area contributed by atoms with Gasteiger partial charge < -0.3 is 0 Å². The fourth-order valence-electron chi connectivity index (χ4n) is 1.81. The summed E-state index contributed by atoms with van der Waals surface area (Å²) in [7, 11) is 0. The SMILES string of the molecule is CC(C)/C(=N\NC(=O)c1cccnc1)c1ccccc1. The standard InChI is InChI=1S/C16H17N3O/c1-12(2)15(13-7-4-3-5-8-13)18-19-16(20)14-9-6-10-17-11-14/h3-12H,1-2H3,(H,19,20)/b18-15+. The third kappa shape index (κ3) is 3.51. The van der Waals surface area contributed by atoms with E-state index in [4.69, 9.17) is 0 Å². The van der Waals surface area contributed by atoms with Gasteiger partial charge in [-0.15, -0.1) is 0 Å². The Morgan fingerprint density at radius 2 is 1.80 bits per heavy atom. The van der Waals surface area contributed by atoms with Gasteiger partial charge in [-0.05, 0) is 23.6 Å². The summed E-state index contributed by atoms with van der Waals surface area (Å²) in [5.74, 6) is -0.0428. The number of carbonyl (C=O) groups excluding carboxylic acids is 1. The number of nitrogens with one attached hydrogen (secondary N) is 1. The summed E-state index contributed by atoms with van der Waals surface area (Å²) >= 11 is 0. The topological polar surface area (TPSA) is 54.4 Å². The first-order valence-electron chi connectivity index (χ1n) is 6.52. The van der Waals surface area contributed by atoms with Crippen molar-refractivity contribution < 1.29 is 4.79 Å². The van der Waals surface area contributed by atoms with Crippen LogP contribution in [-0.2, 0) is 0 Å². The summed E-state index contributed by atoms with van der Waals surface area (Å²) in [6.45, 7) is 4.09. The lowest BCUT2D eigenvalue weighted by molar-refractivity contribution is 0.0954. The van der Waals surface area contributed by atoms with E-state index in [1.807, 2.05) is 44.2 Å². The molecule has 0 atom stereocenters. The van der Waals surface area contributed by atoms with Crippen LogP contribution in [0.1, 0.15) is 29.8 Å². The van der Waals surface area contributed by atoms with Crippen LogP contribution in [0, 0.1) is 5.92 Å². The second-order valence-electron chi connectivity index (χ2n) is 4.70. The van der Waals surface area contributed by atoms with Gasteiger partial charge in [0.05, 0.1) is 11.3 Å². The van der Waals surface area contributed by atoms with E-state index in [-0.39, 0.29) is 11.8 Å². The second-order valence-corrected chi connectivity index (χ2v) is 4.70. The molecule has 0 saturated carbocycles. The summed E-state index contributed by atoms with van der Waals surface area (Å²) in [6, 6.07) is 13.3. The van der Waals surface area contributed by atoms with E-state index in [9.17, 15) is 4.79 Å². The first-order chi connectivity index (χ1) is 9.68. The van der Waals surface area contributed by atoms with Crippen LogP contribution in [0.2, 0.25) is 0 Å². The Morgan fingerprint density at radius 1 is 1.10 bits per heavy atom. The molecule has 1 amide bonds. The molecule has 20 heavy (non-hydrogen) atoms. The number of pyridine rings is 1. The van der Waals surface area contributed by atoms with Crippen LogP contribution in [0.25, 0.3) is 0 Å². The smallest absolute Gasteiger partial charge is 0.267 e. The van der Waals surface area contributed by atoms with E-state index in [0.717, 1.165) is 11.3 Å². The van der Waals surface area contributed by atoms with Crippen molar-refractivity contribution in [3.63, 3.8) is 0 Å². The molecule has 0 aliphatic heterocycles. The molecule has 4 nitrogen and oxygen atoms in total. The molecule has 0 unspecified atom stereocenters. The van der Waals surface area contributed by atoms with Crippen molar-refractivity contribution in [1.82, 2.24) is 10.4 Å². The molecule has 2 aromatic rings. The highest BCUT2D eigenvalue weighted by molar-refractivity contribution is 6.03. The number of hydrogen-bond acceptors (Lipinski definition) is 3. The van der Waals surface area contributed by atoms with Gasteiger partial charge in [-0.25, -0.2) is 5.43 Å². The average molecular weight is 267 g/mol. The molecule has 0 radical (unpaired) electrons. The number of carbonyl (C=O) groups is 1. The van der Waals surface area contributed by atoms with Gasteiger partial charge >= 0.3 is 0 Å². The lowest BCUT2D eigenvalue weighted by atomic mass is 10.0. The van der Waals surface area contributed by atoms with E-state index >= 15 is 0 Å². The van der Waals surface area contributed by atoms with Crippen molar-refractivity contribution in [3.05, 3.63) is 66.0 Å². The molecule has 2 rings (SSSR count). The quantitative estimate of drug-likeness (QED) is 0.684. The zero-order valence-corrected chi connectivity index (χ0v) is 11.6. The lowest BCUT2D eigenvalue weighted by Gasteiger charge is -2.10.